The Labute approximate surface area is 171 Å². The van der Waals surface area contributed by atoms with Crippen LogP contribution in [0.5, 0.6) is 5.75 Å². The number of carbonyl (C=O) groups is 1. The molecule has 0 atom stereocenters. The maximum atomic E-state index is 12.3. The van der Waals surface area contributed by atoms with E-state index in [2.05, 4.69) is 10.6 Å². The number of hydrogen-bond acceptors (Lipinski definition) is 3. The van der Waals surface area contributed by atoms with Gasteiger partial charge in [0.15, 0.2) is 0 Å². The lowest BCUT2D eigenvalue weighted by atomic mass is 10.1. The summed E-state index contributed by atoms with van der Waals surface area (Å²) in [6, 6.07) is 17.0. The van der Waals surface area contributed by atoms with Crippen LogP contribution in [0.25, 0.3) is 0 Å². The molecule has 0 saturated carbocycles. The largest absolute Gasteiger partial charge is 0.507 e. The van der Waals surface area contributed by atoms with Crippen molar-refractivity contribution in [3.05, 3.63) is 86.9 Å². The van der Waals surface area contributed by atoms with Crippen LogP contribution in [-0.4, -0.2) is 11.0 Å². The van der Waals surface area contributed by atoms with Crippen LogP contribution >= 0.6 is 34.8 Å². The molecule has 0 unspecified atom stereocenters. The van der Waals surface area contributed by atoms with Gasteiger partial charge in [-0.25, -0.2) is 0 Å². The number of rotatable bonds is 5. The standard InChI is InChI=1S/C20H15Cl3N2O2/c21-13-3-1-12(2-4-13)11-24-15-6-7-18(17(23)10-15)25-20(27)16-9-14(22)5-8-19(16)26/h1-10,24,26H,11H2,(H,25,27). The Bertz CT molecular complexity index is 975. The van der Waals surface area contributed by atoms with E-state index in [-0.39, 0.29) is 11.3 Å². The summed E-state index contributed by atoms with van der Waals surface area (Å²) in [5, 5.41) is 17.2. The van der Waals surface area contributed by atoms with E-state index in [1.165, 1.54) is 18.2 Å². The molecule has 1 amide bonds. The quantitative estimate of drug-likeness (QED) is 0.458. The Balaban J connectivity index is 1.68. The van der Waals surface area contributed by atoms with Crippen LogP contribution in [0.2, 0.25) is 15.1 Å². The number of phenolic OH excluding ortho intramolecular Hbond substituents is 1. The Morgan fingerprint density at radius 2 is 1.59 bits per heavy atom. The number of aromatic hydroxyl groups is 1. The van der Waals surface area contributed by atoms with Gasteiger partial charge in [-0.05, 0) is 54.1 Å². The molecule has 7 heteroatoms. The van der Waals surface area contributed by atoms with Gasteiger partial charge in [-0.1, -0.05) is 46.9 Å². The molecule has 3 N–H and O–H groups in total. The third-order valence-electron chi connectivity index (χ3n) is 3.83. The molecule has 0 aliphatic carbocycles. The van der Waals surface area contributed by atoms with Crippen LogP contribution in [0.15, 0.2) is 60.7 Å². The molecule has 0 bridgehead atoms. The fourth-order valence-corrected chi connectivity index (χ4v) is 2.94. The van der Waals surface area contributed by atoms with Crippen molar-refractivity contribution in [2.45, 2.75) is 6.54 Å². The zero-order valence-corrected chi connectivity index (χ0v) is 16.2. The van der Waals surface area contributed by atoms with E-state index < -0.39 is 5.91 Å². The van der Waals surface area contributed by atoms with Gasteiger partial charge in [0.2, 0.25) is 0 Å². The number of hydrogen-bond donors (Lipinski definition) is 3. The summed E-state index contributed by atoms with van der Waals surface area (Å²) >= 11 is 18.0. The normalized spacial score (nSPS) is 10.5. The molecular formula is C20H15Cl3N2O2. The second-order valence-corrected chi connectivity index (χ2v) is 7.07. The average molecular weight is 422 g/mol. The summed E-state index contributed by atoms with van der Waals surface area (Å²) in [6.07, 6.45) is 0. The van der Waals surface area contributed by atoms with E-state index in [4.69, 9.17) is 34.8 Å². The number of carbonyl (C=O) groups excluding carboxylic acids is 1. The number of anilines is 2. The molecule has 3 rings (SSSR count). The van der Waals surface area contributed by atoms with Gasteiger partial charge in [0.25, 0.3) is 5.91 Å². The van der Waals surface area contributed by atoms with Crippen LogP contribution in [0.1, 0.15) is 15.9 Å². The Hall–Kier alpha value is -2.40. The molecule has 0 heterocycles. The van der Waals surface area contributed by atoms with E-state index >= 15 is 0 Å². The lowest BCUT2D eigenvalue weighted by Crippen LogP contribution is -2.12. The molecule has 0 spiro atoms. The Morgan fingerprint density at radius 1 is 0.889 bits per heavy atom. The molecule has 0 fully saturated rings. The fourth-order valence-electron chi connectivity index (χ4n) is 2.41. The van der Waals surface area contributed by atoms with Gasteiger partial charge in [0.05, 0.1) is 16.3 Å². The molecular weight excluding hydrogens is 407 g/mol. The summed E-state index contributed by atoms with van der Waals surface area (Å²) < 4.78 is 0. The van der Waals surface area contributed by atoms with Crippen molar-refractivity contribution in [3.63, 3.8) is 0 Å². The topological polar surface area (TPSA) is 61.4 Å². The van der Waals surface area contributed by atoms with Crippen LogP contribution in [0, 0.1) is 0 Å². The van der Waals surface area contributed by atoms with Crippen molar-refractivity contribution in [1.29, 1.82) is 0 Å². The van der Waals surface area contributed by atoms with Gasteiger partial charge < -0.3 is 15.7 Å². The highest BCUT2D eigenvalue weighted by molar-refractivity contribution is 6.34. The SMILES string of the molecule is O=C(Nc1ccc(NCc2ccc(Cl)cc2)cc1Cl)c1cc(Cl)ccc1O. The molecule has 4 nitrogen and oxygen atoms in total. The minimum atomic E-state index is -0.501. The molecule has 3 aromatic rings. The fraction of sp³-hybridized carbons (Fsp3) is 0.0500. The highest BCUT2D eigenvalue weighted by atomic mass is 35.5. The molecule has 27 heavy (non-hydrogen) atoms. The zero-order chi connectivity index (χ0) is 19.4. The predicted molar refractivity (Wildman–Crippen MR) is 111 cm³/mol. The third kappa shape index (κ3) is 5.07. The molecule has 0 aliphatic rings. The first-order valence-corrected chi connectivity index (χ1v) is 9.13. The van der Waals surface area contributed by atoms with Gasteiger partial charge in [-0.3, -0.25) is 4.79 Å². The summed E-state index contributed by atoms with van der Waals surface area (Å²) in [4.78, 5) is 12.3. The molecule has 3 aromatic carbocycles. The van der Waals surface area contributed by atoms with E-state index in [9.17, 15) is 9.90 Å². The minimum absolute atomic E-state index is 0.0727. The minimum Gasteiger partial charge on any atom is -0.507 e. The van der Waals surface area contributed by atoms with Gasteiger partial charge >= 0.3 is 0 Å². The van der Waals surface area contributed by atoms with E-state index in [0.717, 1.165) is 11.3 Å². The third-order valence-corrected chi connectivity index (χ3v) is 4.63. The van der Waals surface area contributed by atoms with Gasteiger partial charge in [0.1, 0.15) is 5.75 Å². The van der Waals surface area contributed by atoms with Crippen molar-refractivity contribution < 1.29 is 9.90 Å². The van der Waals surface area contributed by atoms with Crippen molar-refractivity contribution >= 4 is 52.1 Å². The maximum Gasteiger partial charge on any atom is 0.259 e. The number of nitrogens with one attached hydrogen (secondary N) is 2. The monoisotopic (exact) mass is 420 g/mol. The summed E-state index contributed by atoms with van der Waals surface area (Å²) in [5.41, 5.74) is 2.38. The Kier molecular flexibility index (Phi) is 6.11. The number of phenols is 1. The van der Waals surface area contributed by atoms with Crippen LogP contribution < -0.4 is 10.6 Å². The molecule has 0 aromatic heterocycles. The maximum absolute atomic E-state index is 12.3. The van der Waals surface area contributed by atoms with Crippen LogP contribution in [-0.2, 0) is 6.54 Å². The van der Waals surface area contributed by atoms with Crippen molar-refractivity contribution in [1.82, 2.24) is 0 Å². The average Bonchev–Trinajstić information content (AvgIpc) is 2.65. The smallest absolute Gasteiger partial charge is 0.259 e. The Morgan fingerprint density at radius 3 is 2.30 bits per heavy atom. The van der Waals surface area contributed by atoms with Gasteiger partial charge in [-0.2, -0.15) is 0 Å². The molecule has 0 saturated heterocycles. The van der Waals surface area contributed by atoms with Crippen LogP contribution in [0.3, 0.4) is 0 Å². The summed E-state index contributed by atoms with van der Waals surface area (Å²) in [5.74, 6) is -0.659. The lowest BCUT2D eigenvalue weighted by molar-refractivity contribution is 0.102. The lowest BCUT2D eigenvalue weighted by Gasteiger charge is -2.12. The number of amides is 1. The first kappa shape index (κ1) is 19.4. The van der Waals surface area contributed by atoms with E-state index in [1.807, 2.05) is 24.3 Å². The highest BCUT2D eigenvalue weighted by Crippen LogP contribution is 2.28. The second-order valence-electron chi connectivity index (χ2n) is 5.79. The first-order valence-electron chi connectivity index (χ1n) is 8.00. The number of halogens is 3. The second kappa shape index (κ2) is 8.53. The highest BCUT2D eigenvalue weighted by Gasteiger charge is 2.13. The summed E-state index contributed by atoms with van der Waals surface area (Å²) in [6.45, 7) is 0.607. The van der Waals surface area contributed by atoms with Crippen molar-refractivity contribution in [2.75, 3.05) is 10.6 Å². The van der Waals surface area contributed by atoms with Crippen molar-refractivity contribution in [3.8, 4) is 5.75 Å². The zero-order valence-electron chi connectivity index (χ0n) is 14.0. The molecule has 138 valence electrons. The van der Waals surface area contributed by atoms with E-state index in [1.54, 1.807) is 18.2 Å². The van der Waals surface area contributed by atoms with Crippen LogP contribution in [0.4, 0.5) is 11.4 Å². The molecule has 0 radical (unpaired) electrons. The number of benzene rings is 3. The van der Waals surface area contributed by atoms with Gasteiger partial charge in [0, 0.05) is 22.3 Å². The van der Waals surface area contributed by atoms with Gasteiger partial charge in [-0.15, -0.1) is 0 Å². The predicted octanol–water partition coefficient (Wildman–Crippen LogP) is 6.22. The van der Waals surface area contributed by atoms with E-state index in [0.29, 0.717) is 27.3 Å². The first-order chi connectivity index (χ1) is 12.9. The van der Waals surface area contributed by atoms with Crippen molar-refractivity contribution in [2.24, 2.45) is 0 Å². The summed E-state index contributed by atoms with van der Waals surface area (Å²) in [7, 11) is 0. The molecule has 0 aliphatic heterocycles.